The van der Waals surface area contributed by atoms with Crippen LogP contribution in [0.4, 0.5) is 0 Å². The van der Waals surface area contributed by atoms with E-state index in [9.17, 15) is 14.4 Å². The summed E-state index contributed by atoms with van der Waals surface area (Å²) in [6.45, 7) is 6.47. The number of allylic oxidation sites excluding steroid dienone is 18. The maximum absolute atomic E-state index is 12.8. The summed E-state index contributed by atoms with van der Waals surface area (Å²) in [7, 11) is 0. The summed E-state index contributed by atoms with van der Waals surface area (Å²) >= 11 is 0. The number of rotatable bonds is 48. The van der Waals surface area contributed by atoms with Crippen LogP contribution >= 0.6 is 0 Å². The normalized spacial score (nSPS) is 12.9. The van der Waals surface area contributed by atoms with E-state index in [0.717, 1.165) is 70.6 Å². The van der Waals surface area contributed by atoms with Crippen LogP contribution in [0.2, 0.25) is 0 Å². The smallest absolute Gasteiger partial charge is 0.306 e. The molecule has 0 aliphatic carbocycles. The number of hydrogen-bond acceptors (Lipinski definition) is 6. The first-order valence-corrected chi connectivity index (χ1v) is 27.4. The number of carbonyl (C=O) groups is 3. The van der Waals surface area contributed by atoms with Crippen LogP contribution in [0, 0.1) is 0 Å². The highest BCUT2D eigenvalue weighted by atomic mass is 16.6. The van der Waals surface area contributed by atoms with Gasteiger partial charge in [0.2, 0.25) is 0 Å². The zero-order valence-electron chi connectivity index (χ0n) is 43.4. The second-order valence-electron chi connectivity index (χ2n) is 17.8. The van der Waals surface area contributed by atoms with Crippen molar-refractivity contribution in [2.75, 3.05) is 13.2 Å². The number of unbranched alkanes of at least 4 members (excludes halogenated alkanes) is 19. The first-order valence-electron chi connectivity index (χ1n) is 27.4. The topological polar surface area (TPSA) is 78.9 Å². The lowest BCUT2D eigenvalue weighted by Gasteiger charge is -2.18. The van der Waals surface area contributed by atoms with Gasteiger partial charge in [-0.15, -0.1) is 0 Å². The predicted octanol–water partition coefficient (Wildman–Crippen LogP) is 18.3. The van der Waals surface area contributed by atoms with Gasteiger partial charge in [0.05, 0.1) is 0 Å². The van der Waals surface area contributed by atoms with Crippen molar-refractivity contribution in [3.05, 3.63) is 109 Å². The van der Waals surface area contributed by atoms with Crippen LogP contribution in [0.25, 0.3) is 0 Å². The third-order valence-electron chi connectivity index (χ3n) is 11.2. The van der Waals surface area contributed by atoms with E-state index in [4.69, 9.17) is 14.2 Å². The molecule has 0 amide bonds. The Morgan fingerprint density at radius 3 is 0.940 bits per heavy atom. The van der Waals surface area contributed by atoms with Crippen molar-refractivity contribution < 1.29 is 28.6 Å². The Hall–Kier alpha value is -3.93. The molecule has 0 rings (SSSR count). The molecule has 0 saturated carbocycles. The zero-order valence-corrected chi connectivity index (χ0v) is 43.4. The molecule has 6 nitrogen and oxygen atoms in total. The Bertz CT molecular complexity index is 1390. The lowest BCUT2D eigenvalue weighted by molar-refractivity contribution is -0.167. The Morgan fingerprint density at radius 2 is 0.552 bits per heavy atom. The van der Waals surface area contributed by atoms with Gasteiger partial charge >= 0.3 is 17.9 Å². The Balaban J connectivity index is 4.58. The molecule has 67 heavy (non-hydrogen) atoms. The van der Waals surface area contributed by atoms with Crippen LogP contribution < -0.4 is 0 Å². The van der Waals surface area contributed by atoms with Gasteiger partial charge in [0.15, 0.2) is 6.10 Å². The van der Waals surface area contributed by atoms with E-state index in [1.807, 2.05) is 0 Å². The number of hydrogen-bond donors (Lipinski definition) is 0. The number of esters is 3. The Morgan fingerprint density at radius 1 is 0.299 bits per heavy atom. The van der Waals surface area contributed by atoms with Gasteiger partial charge in [0.1, 0.15) is 13.2 Å². The molecule has 1 atom stereocenters. The van der Waals surface area contributed by atoms with Gasteiger partial charge in [-0.25, -0.2) is 0 Å². The molecule has 0 aliphatic rings. The van der Waals surface area contributed by atoms with Crippen LogP contribution in [-0.2, 0) is 28.6 Å². The standard InChI is InChI=1S/C61H100O6/c1-4-7-10-13-16-19-22-25-28-30-33-36-39-42-45-48-51-54-60(63)66-57-58(56-65-59(62)53-50-47-44-41-38-35-32-27-24-21-18-15-12-9-6-3)67-61(64)55-52-49-46-43-40-37-34-31-29-26-23-20-17-14-11-8-5-2/h16-17,19-21,24-26,28-29,33-34,36-37,42-43,45-46,58H,4-15,18,22-23,27,30-32,35,38-41,44,47-57H2,1-3H3/b19-16+,20-17+,24-21+,28-25+,29-26+,36-33+,37-34+,45-42+,46-43+/t58-/m1/s1. The summed E-state index contributed by atoms with van der Waals surface area (Å²) in [6, 6.07) is 0. The zero-order chi connectivity index (χ0) is 48.6. The van der Waals surface area contributed by atoms with Gasteiger partial charge < -0.3 is 14.2 Å². The van der Waals surface area contributed by atoms with Crippen molar-refractivity contribution in [2.45, 2.75) is 245 Å². The average molecular weight is 929 g/mol. The SMILES string of the molecule is CCCCC/C=C/C/C=C/C/C=C/C/C=C/CCCC(=O)OC[C@@H](COC(=O)CCCCCCCCC/C=C/CCCCCC)OC(=O)CCC/C=C/C/C=C/C/C=C/C/C=C/CCCCC. The minimum absolute atomic E-state index is 0.121. The summed E-state index contributed by atoms with van der Waals surface area (Å²) in [4.78, 5) is 38.0. The van der Waals surface area contributed by atoms with Crippen molar-refractivity contribution in [3.63, 3.8) is 0 Å². The average Bonchev–Trinajstić information content (AvgIpc) is 3.33. The highest BCUT2D eigenvalue weighted by Crippen LogP contribution is 2.13. The van der Waals surface area contributed by atoms with E-state index in [1.165, 1.54) is 116 Å². The van der Waals surface area contributed by atoms with E-state index < -0.39 is 6.10 Å². The van der Waals surface area contributed by atoms with Gasteiger partial charge in [0, 0.05) is 19.3 Å². The van der Waals surface area contributed by atoms with Crippen molar-refractivity contribution in [2.24, 2.45) is 0 Å². The molecule has 0 heterocycles. The predicted molar refractivity (Wildman–Crippen MR) is 288 cm³/mol. The lowest BCUT2D eigenvalue weighted by Crippen LogP contribution is -2.30. The molecule has 0 aromatic rings. The summed E-state index contributed by atoms with van der Waals surface area (Å²) in [5, 5.41) is 0. The molecule has 0 aromatic carbocycles. The number of ether oxygens (including phenoxy) is 3. The molecule has 0 N–H and O–H groups in total. The van der Waals surface area contributed by atoms with Crippen LogP contribution in [0.1, 0.15) is 239 Å². The quantitative estimate of drug-likeness (QED) is 0.0262. The van der Waals surface area contributed by atoms with Crippen molar-refractivity contribution in [1.29, 1.82) is 0 Å². The summed E-state index contributed by atoms with van der Waals surface area (Å²) in [5.41, 5.74) is 0. The highest BCUT2D eigenvalue weighted by molar-refractivity contribution is 5.71. The third-order valence-corrected chi connectivity index (χ3v) is 11.2. The monoisotopic (exact) mass is 929 g/mol. The fraction of sp³-hybridized carbons (Fsp3) is 0.656. The molecule has 0 spiro atoms. The van der Waals surface area contributed by atoms with Crippen molar-refractivity contribution in [3.8, 4) is 0 Å². The molecule has 0 radical (unpaired) electrons. The molecule has 0 aliphatic heterocycles. The molecule has 0 aromatic heterocycles. The van der Waals surface area contributed by atoms with Gasteiger partial charge in [0.25, 0.3) is 0 Å². The van der Waals surface area contributed by atoms with Gasteiger partial charge in [-0.1, -0.05) is 207 Å². The Labute approximate surface area is 412 Å². The van der Waals surface area contributed by atoms with Crippen molar-refractivity contribution in [1.82, 2.24) is 0 Å². The molecule has 0 saturated heterocycles. The minimum atomic E-state index is -0.832. The fourth-order valence-corrected chi connectivity index (χ4v) is 7.07. The molecule has 380 valence electrons. The molecule has 6 heteroatoms. The molecular weight excluding hydrogens is 829 g/mol. The van der Waals surface area contributed by atoms with Gasteiger partial charge in [-0.2, -0.15) is 0 Å². The largest absolute Gasteiger partial charge is 0.462 e. The Kier molecular flexibility index (Phi) is 51.5. The summed E-state index contributed by atoms with van der Waals surface area (Å²) < 4.78 is 16.7. The maximum atomic E-state index is 12.8. The highest BCUT2D eigenvalue weighted by Gasteiger charge is 2.19. The second-order valence-corrected chi connectivity index (χ2v) is 17.8. The first-order chi connectivity index (χ1) is 33.0. The second kappa shape index (κ2) is 54.7. The van der Waals surface area contributed by atoms with E-state index in [1.54, 1.807) is 0 Å². The molecule has 0 unspecified atom stereocenters. The minimum Gasteiger partial charge on any atom is -0.462 e. The first kappa shape index (κ1) is 63.1. The molecular formula is C61H100O6. The van der Waals surface area contributed by atoms with E-state index in [-0.39, 0.29) is 44.0 Å². The molecule has 0 fully saturated rings. The number of carbonyl (C=O) groups excluding carboxylic acids is 3. The lowest BCUT2D eigenvalue weighted by atomic mass is 10.1. The van der Waals surface area contributed by atoms with Gasteiger partial charge in [-0.05, 0) is 122 Å². The van der Waals surface area contributed by atoms with Crippen molar-refractivity contribution >= 4 is 17.9 Å². The fourth-order valence-electron chi connectivity index (χ4n) is 7.07. The van der Waals surface area contributed by atoms with Crippen LogP contribution in [0.3, 0.4) is 0 Å². The maximum Gasteiger partial charge on any atom is 0.306 e. The van der Waals surface area contributed by atoms with Crippen LogP contribution in [0.15, 0.2) is 109 Å². The van der Waals surface area contributed by atoms with Gasteiger partial charge in [-0.3, -0.25) is 14.4 Å². The van der Waals surface area contributed by atoms with E-state index >= 15 is 0 Å². The van der Waals surface area contributed by atoms with E-state index in [0.29, 0.717) is 19.3 Å². The molecule has 0 bridgehead atoms. The van der Waals surface area contributed by atoms with Crippen LogP contribution in [-0.4, -0.2) is 37.2 Å². The van der Waals surface area contributed by atoms with Crippen LogP contribution in [0.5, 0.6) is 0 Å². The summed E-state index contributed by atoms with van der Waals surface area (Å²) in [5.74, 6) is -1.04. The third kappa shape index (κ3) is 52.9. The summed E-state index contributed by atoms with van der Waals surface area (Å²) in [6.07, 6.45) is 73.6. The van der Waals surface area contributed by atoms with E-state index in [2.05, 4.69) is 130 Å².